The van der Waals surface area contributed by atoms with E-state index >= 15 is 0 Å². The molecule has 1 aromatic rings. The topological polar surface area (TPSA) is 15.6 Å². The van der Waals surface area contributed by atoms with Crippen LogP contribution in [0.3, 0.4) is 0 Å². The maximum Gasteiger partial charge on any atom is 0.276 e. The summed E-state index contributed by atoms with van der Waals surface area (Å²) >= 11 is 3.63. The third-order valence-corrected chi connectivity index (χ3v) is 4.56. The summed E-state index contributed by atoms with van der Waals surface area (Å²) in [6.07, 6.45) is 0. The first-order valence-electron chi connectivity index (χ1n) is 6.47. The minimum absolute atomic E-state index is 0.0296. The molecule has 19 heavy (non-hydrogen) atoms. The summed E-state index contributed by atoms with van der Waals surface area (Å²) in [5.74, 6) is 1.05. The molecule has 0 aromatic heterocycles. The van der Waals surface area contributed by atoms with Gasteiger partial charge in [0.05, 0.1) is 5.54 Å². The quantitative estimate of drug-likeness (QED) is 0.340. The fourth-order valence-corrected chi connectivity index (χ4v) is 4.25. The molecule has 0 aliphatic heterocycles. The van der Waals surface area contributed by atoms with E-state index < -0.39 is 0 Å². The highest BCUT2D eigenvalue weighted by atomic mass is 79.9. The molecule has 0 atom stereocenters. The van der Waals surface area contributed by atoms with Gasteiger partial charge in [-0.15, -0.1) is 0 Å². The molecule has 0 heterocycles. The third-order valence-electron chi connectivity index (χ3n) is 2.44. The van der Waals surface area contributed by atoms with Gasteiger partial charge in [0, 0.05) is 11.1 Å². The van der Waals surface area contributed by atoms with Crippen molar-refractivity contribution < 1.29 is 0 Å². The van der Waals surface area contributed by atoms with Crippen LogP contribution < -0.4 is 0 Å². The number of hydrogen-bond donors (Lipinski definition) is 0. The van der Waals surface area contributed by atoms with Crippen molar-refractivity contribution in [2.24, 2.45) is 4.99 Å². The van der Waals surface area contributed by atoms with Gasteiger partial charge in [-0.25, -0.2) is 0 Å². The maximum absolute atomic E-state index is 4.94. The van der Waals surface area contributed by atoms with Crippen molar-refractivity contribution in [2.45, 2.75) is 52.6 Å². The molecule has 0 fully saturated rings. The number of hydrogen-bond acceptors (Lipinski definition) is 1. The summed E-state index contributed by atoms with van der Waals surface area (Å²) in [6.45, 7) is 13.0. The van der Waals surface area contributed by atoms with Gasteiger partial charge in [0.1, 0.15) is 5.84 Å². The second-order valence-corrected chi connectivity index (χ2v) is 8.24. The number of amidine groups is 1. The Kier molecular flexibility index (Phi) is 5.39. The van der Waals surface area contributed by atoms with Crippen molar-refractivity contribution in [3.8, 4) is 0 Å². The van der Waals surface area contributed by atoms with Gasteiger partial charge in [0.15, 0.2) is 0 Å². The highest BCUT2D eigenvalue weighted by molar-refractivity contribution is 9.23. The molecule has 0 aliphatic rings. The smallest absolute Gasteiger partial charge is 0.276 e. The first-order valence-corrected chi connectivity index (χ1v) is 9.67. The molecular weight excluding hydrogens is 316 g/mol. The van der Waals surface area contributed by atoms with E-state index in [2.05, 4.69) is 85.7 Å². The van der Waals surface area contributed by atoms with E-state index in [9.17, 15) is 0 Å². The molecule has 0 spiro atoms. The zero-order chi connectivity index (χ0) is 14.7. The summed E-state index contributed by atoms with van der Waals surface area (Å²) in [5.41, 5.74) is 1.10. The Balaban J connectivity index is 3.32. The van der Waals surface area contributed by atoms with Crippen molar-refractivity contribution in [1.82, 2.24) is 4.57 Å². The van der Waals surface area contributed by atoms with E-state index in [1.54, 1.807) is 0 Å². The van der Waals surface area contributed by atoms with Gasteiger partial charge in [-0.1, -0.05) is 45.6 Å². The van der Waals surface area contributed by atoms with Crippen LogP contribution in [0.5, 0.6) is 0 Å². The largest absolute Gasteiger partial charge is 0.369 e. The Morgan fingerprint density at radius 2 is 1.58 bits per heavy atom. The number of aliphatic imine (C=N–C) groups is 1. The van der Waals surface area contributed by atoms with E-state index in [1.165, 1.54) is 5.56 Å². The van der Waals surface area contributed by atoms with Crippen LogP contribution in [0.4, 0.5) is 0 Å². The van der Waals surface area contributed by atoms with Crippen molar-refractivity contribution in [3.05, 3.63) is 35.9 Å². The molecule has 0 N–H and O–H groups in total. The van der Waals surface area contributed by atoms with Crippen LogP contribution in [0, 0.1) is 0 Å². The molecule has 104 valence electrons. The highest BCUT2D eigenvalue weighted by Crippen LogP contribution is 2.21. The minimum Gasteiger partial charge on any atom is -0.369 e. The lowest BCUT2D eigenvalue weighted by molar-refractivity contribution is 0.360. The lowest BCUT2D eigenvalue weighted by atomic mass is 10.1. The van der Waals surface area contributed by atoms with Crippen molar-refractivity contribution in [2.75, 3.05) is 0 Å². The van der Waals surface area contributed by atoms with Gasteiger partial charge in [-0.05, 0) is 41.5 Å². The summed E-state index contributed by atoms with van der Waals surface area (Å²) in [4.78, 5) is 4.94. The molecule has 2 radical (unpaired) electrons. The molecule has 0 unspecified atom stereocenters. The summed E-state index contributed by atoms with van der Waals surface area (Å²) in [7, 11) is 0.507. The summed E-state index contributed by atoms with van der Waals surface area (Å²) in [5, 5.41) is 0. The molecule has 1 aromatic carbocycles. The molecule has 2 nitrogen and oxygen atoms in total. The van der Waals surface area contributed by atoms with Gasteiger partial charge in [-0.2, -0.15) is 0 Å². The maximum atomic E-state index is 4.94. The molecule has 0 aliphatic carbocycles. The Hall–Kier alpha value is -0.613. The number of halogens is 1. The van der Waals surface area contributed by atoms with Crippen LogP contribution in [0.2, 0.25) is 0 Å². The first-order chi connectivity index (χ1) is 8.65. The standard InChI is InChI=1S/C15H23BrN2Si/c1-14(2,3)17-13(12-10-8-7-9-11-12)18(19-16)15(4,5)6/h7-11H,1-6H3. The van der Waals surface area contributed by atoms with E-state index in [0.29, 0.717) is 8.30 Å². The number of benzene rings is 1. The Morgan fingerprint density at radius 3 is 1.95 bits per heavy atom. The van der Waals surface area contributed by atoms with Gasteiger partial charge in [-0.3, -0.25) is 4.99 Å². The zero-order valence-electron chi connectivity index (χ0n) is 12.7. The lowest BCUT2D eigenvalue weighted by Gasteiger charge is -2.38. The lowest BCUT2D eigenvalue weighted by Crippen LogP contribution is -2.47. The molecule has 1 rings (SSSR count). The Labute approximate surface area is 127 Å². The normalized spacial score (nSPS) is 13.5. The van der Waals surface area contributed by atoms with E-state index in [-0.39, 0.29) is 11.1 Å². The van der Waals surface area contributed by atoms with Crippen molar-refractivity contribution in [3.63, 3.8) is 0 Å². The molecule has 0 amide bonds. The van der Waals surface area contributed by atoms with Crippen LogP contribution in [-0.4, -0.2) is 29.8 Å². The highest BCUT2D eigenvalue weighted by Gasteiger charge is 2.26. The first kappa shape index (κ1) is 16.4. The SMILES string of the molecule is CC(C)(C)N=C(c1ccccc1)N([Si]Br)C(C)(C)C. The van der Waals surface area contributed by atoms with Crippen LogP contribution in [0.15, 0.2) is 35.3 Å². The number of rotatable bonds is 2. The molecule has 4 heteroatoms. The minimum atomic E-state index is -0.0959. The fourth-order valence-electron chi connectivity index (χ4n) is 1.63. The van der Waals surface area contributed by atoms with E-state index in [1.807, 2.05) is 6.07 Å². The molecule has 0 bridgehead atoms. The summed E-state index contributed by atoms with van der Waals surface area (Å²) in [6, 6.07) is 10.4. The van der Waals surface area contributed by atoms with E-state index in [4.69, 9.17) is 4.99 Å². The second kappa shape index (κ2) is 6.22. The van der Waals surface area contributed by atoms with Gasteiger partial charge in [0.2, 0.25) is 0 Å². The molecule has 0 saturated carbocycles. The average Bonchev–Trinajstić information content (AvgIpc) is 2.26. The number of nitrogens with zero attached hydrogens (tertiary/aromatic N) is 2. The van der Waals surface area contributed by atoms with E-state index in [0.717, 1.165) is 5.84 Å². The second-order valence-electron chi connectivity index (χ2n) is 6.56. The molecule has 0 saturated heterocycles. The average molecular weight is 339 g/mol. The van der Waals surface area contributed by atoms with Crippen molar-refractivity contribution in [1.29, 1.82) is 0 Å². The van der Waals surface area contributed by atoms with Crippen LogP contribution in [-0.2, 0) is 0 Å². The predicted molar refractivity (Wildman–Crippen MR) is 89.0 cm³/mol. The zero-order valence-corrected chi connectivity index (χ0v) is 15.2. The Bertz CT molecular complexity index is 430. The monoisotopic (exact) mass is 338 g/mol. The van der Waals surface area contributed by atoms with Gasteiger partial charge >= 0.3 is 0 Å². The fraction of sp³-hybridized carbons (Fsp3) is 0.533. The van der Waals surface area contributed by atoms with Crippen LogP contribution >= 0.6 is 15.3 Å². The van der Waals surface area contributed by atoms with Gasteiger partial charge < -0.3 is 4.57 Å². The third kappa shape index (κ3) is 5.11. The van der Waals surface area contributed by atoms with Gasteiger partial charge in [0.25, 0.3) is 8.30 Å². The summed E-state index contributed by atoms with van der Waals surface area (Å²) < 4.78 is 2.31. The van der Waals surface area contributed by atoms with Crippen molar-refractivity contribution >= 4 is 29.4 Å². The molecular formula is C15H23BrN2Si. The Morgan fingerprint density at radius 1 is 1.05 bits per heavy atom. The predicted octanol–water partition coefficient (Wildman–Crippen LogP) is 4.26. The van der Waals surface area contributed by atoms with Crippen LogP contribution in [0.25, 0.3) is 0 Å². The van der Waals surface area contributed by atoms with Crippen LogP contribution in [0.1, 0.15) is 47.1 Å².